The molecule has 1 aromatic rings. The predicted octanol–water partition coefficient (Wildman–Crippen LogP) is 2.10. The summed E-state index contributed by atoms with van der Waals surface area (Å²) in [6.07, 6.45) is 0. The maximum Gasteiger partial charge on any atom is 0.121 e. The van der Waals surface area contributed by atoms with Gasteiger partial charge in [0, 0.05) is 25.5 Å². The van der Waals surface area contributed by atoms with E-state index < -0.39 is 0 Å². The molecule has 0 aliphatic heterocycles. The van der Waals surface area contributed by atoms with Crippen molar-refractivity contribution < 1.29 is 4.74 Å². The number of benzene rings is 1. The lowest BCUT2D eigenvalue weighted by Crippen LogP contribution is -1.89. The molecule has 0 atom stereocenters. The Labute approximate surface area is 76.9 Å². The van der Waals surface area contributed by atoms with Crippen LogP contribution in [0.3, 0.4) is 0 Å². The first-order valence-electron chi connectivity index (χ1n) is 3.51. The average Bonchev–Trinajstić information content (AvgIpc) is 2.16. The van der Waals surface area contributed by atoms with Gasteiger partial charge < -0.3 is 10.1 Å². The maximum absolute atomic E-state index is 5.04. The van der Waals surface area contributed by atoms with E-state index in [-0.39, 0.29) is 0 Å². The second kappa shape index (κ2) is 4.01. The Hall–Kier alpha value is -1.16. The summed E-state index contributed by atoms with van der Waals surface area (Å²) in [5.74, 6) is 0.793. The quantitative estimate of drug-likeness (QED) is 0.777. The largest absolute Gasteiger partial charge is 0.497 e. The molecule has 0 saturated carbocycles. The number of hydrogen-bond donors (Lipinski definition) is 1. The molecule has 0 aliphatic carbocycles. The number of methoxy groups -OCH3 is 1. The average molecular weight is 182 g/mol. The third-order valence-corrected chi connectivity index (χ3v) is 1.77. The topological polar surface area (TPSA) is 33.6 Å². The van der Waals surface area contributed by atoms with Crippen molar-refractivity contribution in [1.82, 2.24) is 0 Å². The summed E-state index contributed by atoms with van der Waals surface area (Å²) in [5, 5.41) is 2.98. The Morgan fingerprint density at radius 2 is 2.25 bits per heavy atom. The Kier molecular flexibility index (Phi) is 2.99. The fourth-order valence-electron chi connectivity index (χ4n) is 0.922. The van der Waals surface area contributed by atoms with Crippen LogP contribution in [0.2, 0.25) is 0 Å². The van der Waals surface area contributed by atoms with Crippen molar-refractivity contribution in [2.45, 2.75) is 0 Å². The molecule has 64 valence electrons. The van der Waals surface area contributed by atoms with Gasteiger partial charge in [-0.1, -0.05) is 0 Å². The van der Waals surface area contributed by atoms with Gasteiger partial charge in [0.05, 0.1) is 12.8 Å². The number of rotatable bonds is 3. The molecule has 0 heterocycles. The first kappa shape index (κ1) is 8.93. The summed E-state index contributed by atoms with van der Waals surface area (Å²) in [4.78, 5) is 0. The molecule has 0 aliphatic rings. The second-order valence-corrected chi connectivity index (χ2v) is 2.41. The Bertz CT molecular complexity index is 288. The highest BCUT2D eigenvalue weighted by molar-refractivity contribution is 7.47. The van der Waals surface area contributed by atoms with Crippen LogP contribution in [-0.2, 0) is 12.4 Å². The third kappa shape index (κ3) is 1.71. The fourth-order valence-corrected chi connectivity index (χ4v) is 1.08. The van der Waals surface area contributed by atoms with Gasteiger partial charge in [0.1, 0.15) is 11.4 Å². The molecule has 0 unspecified atom stereocenters. The number of anilines is 1. The summed E-state index contributed by atoms with van der Waals surface area (Å²) in [6, 6.07) is 5.49. The smallest absolute Gasteiger partial charge is 0.121 e. The molecule has 0 fully saturated rings. The van der Waals surface area contributed by atoms with Gasteiger partial charge >= 0.3 is 0 Å². The van der Waals surface area contributed by atoms with E-state index in [1.54, 1.807) is 7.11 Å². The summed E-state index contributed by atoms with van der Waals surface area (Å²) in [7, 11) is 3.44. The molecule has 0 radical (unpaired) electrons. The molecule has 1 N–H and O–H groups in total. The third-order valence-electron chi connectivity index (χ3n) is 1.57. The van der Waals surface area contributed by atoms with E-state index in [2.05, 4.69) is 22.1 Å². The van der Waals surface area contributed by atoms with Gasteiger partial charge in [-0.25, -0.2) is 0 Å². The van der Waals surface area contributed by atoms with Crippen molar-refractivity contribution >= 4 is 23.8 Å². The number of nitrogens with one attached hydrogen (secondary N) is 1. The first-order valence-corrected chi connectivity index (χ1v) is 3.87. The summed E-state index contributed by atoms with van der Waals surface area (Å²) in [5.41, 5.74) is 1.64. The lowest BCUT2D eigenvalue weighted by Gasteiger charge is -2.05. The summed E-state index contributed by atoms with van der Waals surface area (Å²) in [6.45, 7) is 0. The minimum atomic E-state index is 0.758. The number of nitrogens with zero attached hydrogens (tertiary/aromatic N) is 1. The highest BCUT2D eigenvalue weighted by Gasteiger charge is 2.00. The number of ether oxygens (including phenoxy) is 1. The Balaban J connectivity index is 3.10. The van der Waals surface area contributed by atoms with Gasteiger partial charge in [0.2, 0.25) is 0 Å². The molecular formula is C8H10N2OS. The summed E-state index contributed by atoms with van der Waals surface area (Å²) < 4.78 is 8.72. The van der Waals surface area contributed by atoms with E-state index in [0.717, 1.165) is 17.1 Å². The van der Waals surface area contributed by atoms with E-state index >= 15 is 0 Å². The molecule has 0 amide bonds. The van der Waals surface area contributed by atoms with Crippen molar-refractivity contribution in [3.8, 4) is 5.75 Å². The number of hydrogen-bond acceptors (Lipinski definition) is 4. The zero-order chi connectivity index (χ0) is 8.97. The first-order chi connectivity index (χ1) is 5.81. The van der Waals surface area contributed by atoms with E-state index in [9.17, 15) is 0 Å². The van der Waals surface area contributed by atoms with Crippen LogP contribution in [-0.4, -0.2) is 14.2 Å². The highest BCUT2D eigenvalue weighted by Crippen LogP contribution is 2.28. The molecule has 1 aromatic carbocycles. The fraction of sp³-hybridized carbons (Fsp3) is 0.250. The zero-order valence-corrected chi connectivity index (χ0v) is 7.81. The van der Waals surface area contributed by atoms with Crippen molar-refractivity contribution in [3.63, 3.8) is 0 Å². The molecule has 12 heavy (non-hydrogen) atoms. The molecule has 0 aromatic heterocycles. The normalized spacial score (nSPS) is 9.17. The van der Waals surface area contributed by atoms with Gasteiger partial charge in [-0.15, -0.1) is 0 Å². The molecule has 3 nitrogen and oxygen atoms in total. The lowest BCUT2D eigenvalue weighted by atomic mass is 10.2. The van der Waals surface area contributed by atoms with Crippen molar-refractivity contribution in [2.24, 2.45) is 4.36 Å². The van der Waals surface area contributed by atoms with Crippen LogP contribution in [0.1, 0.15) is 0 Å². The second-order valence-electron chi connectivity index (χ2n) is 2.22. The standard InChI is InChI=1S/C8H10N2OS/c1-9-8-5-6(11-2)3-4-7(8)10-12/h3-5,9H,1-2H3. The monoisotopic (exact) mass is 182 g/mol. The van der Waals surface area contributed by atoms with E-state index in [1.807, 2.05) is 25.2 Å². The molecule has 0 saturated heterocycles. The van der Waals surface area contributed by atoms with Crippen LogP contribution >= 0.6 is 0 Å². The van der Waals surface area contributed by atoms with Crippen molar-refractivity contribution in [2.75, 3.05) is 19.5 Å². The zero-order valence-electron chi connectivity index (χ0n) is 7.00. The van der Waals surface area contributed by atoms with Gasteiger partial charge in [-0.3, -0.25) is 0 Å². The predicted molar refractivity (Wildman–Crippen MR) is 52.0 cm³/mol. The van der Waals surface area contributed by atoms with Gasteiger partial charge in [-0.05, 0) is 12.1 Å². The van der Waals surface area contributed by atoms with Crippen LogP contribution in [0.25, 0.3) is 0 Å². The maximum atomic E-state index is 5.04. The minimum absolute atomic E-state index is 0.758. The van der Waals surface area contributed by atoms with Crippen molar-refractivity contribution in [3.05, 3.63) is 18.2 Å². The van der Waals surface area contributed by atoms with Gasteiger partial charge in [0.25, 0.3) is 0 Å². The van der Waals surface area contributed by atoms with Gasteiger partial charge in [0.15, 0.2) is 0 Å². The van der Waals surface area contributed by atoms with Crippen LogP contribution in [0, 0.1) is 0 Å². The van der Waals surface area contributed by atoms with Crippen LogP contribution in [0.4, 0.5) is 11.4 Å². The van der Waals surface area contributed by atoms with Crippen LogP contribution < -0.4 is 10.1 Å². The molecule has 1 rings (SSSR count). The molecule has 4 heteroatoms. The van der Waals surface area contributed by atoms with Crippen molar-refractivity contribution in [1.29, 1.82) is 0 Å². The van der Waals surface area contributed by atoms with E-state index in [0.29, 0.717) is 0 Å². The SMILES string of the molecule is CNc1cc(OC)ccc1N=S. The summed E-state index contributed by atoms with van der Waals surface area (Å²) >= 11 is 4.60. The van der Waals surface area contributed by atoms with Gasteiger partial charge in [-0.2, -0.15) is 4.36 Å². The Morgan fingerprint density at radius 1 is 1.50 bits per heavy atom. The van der Waals surface area contributed by atoms with Crippen LogP contribution in [0.5, 0.6) is 5.75 Å². The lowest BCUT2D eigenvalue weighted by molar-refractivity contribution is 0.415. The molecule has 0 bridgehead atoms. The van der Waals surface area contributed by atoms with E-state index in [1.165, 1.54) is 0 Å². The minimum Gasteiger partial charge on any atom is -0.497 e. The van der Waals surface area contributed by atoms with E-state index in [4.69, 9.17) is 4.74 Å². The molecular weight excluding hydrogens is 172 g/mol. The Morgan fingerprint density at radius 3 is 2.75 bits per heavy atom. The van der Waals surface area contributed by atoms with Crippen LogP contribution in [0.15, 0.2) is 22.6 Å². The highest BCUT2D eigenvalue weighted by atomic mass is 32.1. The molecule has 0 spiro atoms.